The van der Waals surface area contributed by atoms with Gasteiger partial charge in [-0.05, 0) is 13.8 Å². The SMILES string of the molecule is CCOC(=O)[C@](C)(O)C(F)F. The molecular weight excluding hydrogens is 158 g/mol. The summed E-state index contributed by atoms with van der Waals surface area (Å²) in [6.45, 7) is 2.16. The number of aliphatic hydroxyl groups is 1. The number of esters is 1. The van der Waals surface area contributed by atoms with Crippen LogP contribution in [0.5, 0.6) is 0 Å². The molecule has 0 saturated heterocycles. The van der Waals surface area contributed by atoms with Crippen molar-refractivity contribution in [3.05, 3.63) is 0 Å². The third-order valence-electron chi connectivity index (χ3n) is 1.11. The summed E-state index contributed by atoms with van der Waals surface area (Å²) < 4.78 is 27.9. The molecule has 0 heterocycles. The highest BCUT2D eigenvalue weighted by Gasteiger charge is 2.41. The molecule has 1 N–H and O–H groups in total. The van der Waals surface area contributed by atoms with E-state index in [1.54, 1.807) is 0 Å². The maximum absolute atomic E-state index is 11.8. The van der Waals surface area contributed by atoms with Crippen molar-refractivity contribution in [2.24, 2.45) is 0 Å². The fourth-order valence-corrected chi connectivity index (χ4v) is 0.366. The molecule has 0 amide bonds. The number of alkyl halides is 2. The number of hydrogen-bond donors (Lipinski definition) is 1. The summed E-state index contributed by atoms with van der Waals surface area (Å²) in [5.41, 5.74) is -2.68. The van der Waals surface area contributed by atoms with Gasteiger partial charge in [-0.2, -0.15) is 0 Å². The molecule has 11 heavy (non-hydrogen) atoms. The van der Waals surface area contributed by atoms with Crippen LogP contribution in [-0.2, 0) is 9.53 Å². The first-order valence-electron chi connectivity index (χ1n) is 3.10. The zero-order valence-electron chi connectivity index (χ0n) is 6.30. The molecule has 0 unspecified atom stereocenters. The van der Waals surface area contributed by atoms with Crippen molar-refractivity contribution >= 4 is 5.97 Å². The predicted molar refractivity (Wildman–Crippen MR) is 33.3 cm³/mol. The Bertz CT molecular complexity index is 145. The van der Waals surface area contributed by atoms with Crippen molar-refractivity contribution in [1.29, 1.82) is 0 Å². The van der Waals surface area contributed by atoms with Gasteiger partial charge in [0.1, 0.15) is 0 Å². The summed E-state index contributed by atoms with van der Waals surface area (Å²) >= 11 is 0. The molecule has 3 nitrogen and oxygen atoms in total. The summed E-state index contributed by atoms with van der Waals surface area (Å²) in [6.07, 6.45) is -3.12. The Balaban J connectivity index is 4.18. The average Bonchev–Trinajstić information content (AvgIpc) is 1.88. The van der Waals surface area contributed by atoms with Gasteiger partial charge in [0.05, 0.1) is 6.61 Å². The minimum Gasteiger partial charge on any atom is -0.464 e. The average molecular weight is 168 g/mol. The largest absolute Gasteiger partial charge is 0.464 e. The van der Waals surface area contributed by atoms with Gasteiger partial charge >= 0.3 is 5.97 Å². The minimum atomic E-state index is -3.12. The van der Waals surface area contributed by atoms with Gasteiger partial charge in [-0.1, -0.05) is 0 Å². The highest BCUT2D eigenvalue weighted by molar-refractivity contribution is 5.79. The van der Waals surface area contributed by atoms with E-state index >= 15 is 0 Å². The van der Waals surface area contributed by atoms with Gasteiger partial charge in [0.25, 0.3) is 6.43 Å². The van der Waals surface area contributed by atoms with Crippen LogP contribution in [0.1, 0.15) is 13.8 Å². The second kappa shape index (κ2) is 3.61. The third kappa shape index (κ3) is 2.42. The quantitative estimate of drug-likeness (QED) is 0.626. The topological polar surface area (TPSA) is 46.5 Å². The summed E-state index contributed by atoms with van der Waals surface area (Å²) in [5.74, 6) is -1.30. The number of rotatable bonds is 3. The molecular formula is C6H10F2O3. The van der Waals surface area contributed by atoms with Gasteiger partial charge in [0, 0.05) is 0 Å². The van der Waals surface area contributed by atoms with Crippen molar-refractivity contribution < 1.29 is 23.4 Å². The van der Waals surface area contributed by atoms with Crippen molar-refractivity contribution in [3.63, 3.8) is 0 Å². The molecule has 66 valence electrons. The molecule has 0 bridgehead atoms. The Morgan fingerprint density at radius 1 is 1.73 bits per heavy atom. The van der Waals surface area contributed by atoms with Crippen LogP contribution in [-0.4, -0.2) is 29.7 Å². The molecule has 0 rings (SSSR count). The van der Waals surface area contributed by atoms with Crippen LogP contribution in [0.4, 0.5) is 8.78 Å². The standard InChI is InChI=1S/C6H10F2O3/c1-3-11-5(9)6(2,10)4(7)8/h4,10H,3H2,1-2H3/t6-/m1/s1. The van der Waals surface area contributed by atoms with E-state index in [0.29, 0.717) is 0 Å². The zero-order chi connectivity index (χ0) is 9.07. The zero-order valence-corrected chi connectivity index (χ0v) is 6.30. The Labute approximate surface area is 63.0 Å². The number of carbonyl (C=O) groups is 1. The Kier molecular flexibility index (Phi) is 3.38. The number of ether oxygens (including phenoxy) is 1. The minimum absolute atomic E-state index is 0.0261. The van der Waals surface area contributed by atoms with E-state index in [9.17, 15) is 13.6 Å². The van der Waals surface area contributed by atoms with Gasteiger partial charge in [-0.3, -0.25) is 0 Å². The highest BCUT2D eigenvalue weighted by Crippen LogP contribution is 2.16. The molecule has 0 aromatic rings. The number of hydrogen-bond acceptors (Lipinski definition) is 3. The fraction of sp³-hybridized carbons (Fsp3) is 0.833. The van der Waals surface area contributed by atoms with Gasteiger partial charge in [0.15, 0.2) is 0 Å². The highest BCUT2D eigenvalue weighted by atomic mass is 19.3. The van der Waals surface area contributed by atoms with Crippen LogP contribution in [0, 0.1) is 0 Å². The molecule has 5 heteroatoms. The predicted octanol–water partition coefficient (Wildman–Crippen LogP) is 0.566. The Morgan fingerprint density at radius 3 is 2.45 bits per heavy atom. The lowest BCUT2D eigenvalue weighted by Crippen LogP contribution is -2.43. The van der Waals surface area contributed by atoms with Crippen LogP contribution in [0.2, 0.25) is 0 Å². The van der Waals surface area contributed by atoms with E-state index in [1.165, 1.54) is 6.92 Å². The van der Waals surface area contributed by atoms with Gasteiger partial charge in [0.2, 0.25) is 5.60 Å². The van der Waals surface area contributed by atoms with Crippen LogP contribution in [0.25, 0.3) is 0 Å². The van der Waals surface area contributed by atoms with E-state index in [4.69, 9.17) is 5.11 Å². The first-order valence-corrected chi connectivity index (χ1v) is 3.10. The Hall–Kier alpha value is -0.710. The molecule has 0 saturated carbocycles. The first-order chi connectivity index (χ1) is 4.92. The molecule has 0 radical (unpaired) electrons. The molecule has 0 fully saturated rings. The summed E-state index contributed by atoms with van der Waals surface area (Å²) in [6, 6.07) is 0. The van der Waals surface area contributed by atoms with E-state index in [0.717, 1.165) is 6.92 Å². The molecule has 0 aliphatic rings. The lowest BCUT2D eigenvalue weighted by atomic mass is 10.1. The third-order valence-corrected chi connectivity index (χ3v) is 1.11. The van der Waals surface area contributed by atoms with Crippen molar-refractivity contribution in [3.8, 4) is 0 Å². The molecule has 0 spiro atoms. The fourth-order valence-electron chi connectivity index (χ4n) is 0.366. The van der Waals surface area contributed by atoms with Crippen molar-refractivity contribution in [2.45, 2.75) is 25.9 Å². The normalized spacial score (nSPS) is 16.2. The smallest absolute Gasteiger partial charge is 0.343 e. The van der Waals surface area contributed by atoms with E-state index in [2.05, 4.69) is 4.74 Å². The maximum atomic E-state index is 11.8. The molecule has 0 aliphatic heterocycles. The first kappa shape index (κ1) is 10.3. The van der Waals surface area contributed by atoms with Gasteiger partial charge in [-0.15, -0.1) is 0 Å². The molecule has 1 atom stereocenters. The number of carbonyl (C=O) groups excluding carboxylic acids is 1. The van der Waals surface area contributed by atoms with E-state index in [1.807, 2.05) is 0 Å². The monoisotopic (exact) mass is 168 g/mol. The van der Waals surface area contributed by atoms with E-state index in [-0.39, 0.29) is 6.61 Å². The summed E-state index contributed by atoms with van der Waals surface area (Å²) in [5, 5.41) is 8.77. The Morgan fingerprint density at radius 2 is 2.18 bits per heavy atom. The lowest BCUT2D eigenvalue weighted by Gasteiger charge is -2.19. The van der Waals surface area contributed by atoms with Crippen LogP contribution >= 0.6 is 0 Å². The van der Waals surface area contributed by atoms with Gasteiger partial charge < -0.3 is 9.84 Å². The van der Waals surface area contributed by atoms with Crippen LogP contribution in [0.15, 0.2) is 0 Å². The van der Waals surface area contributed by atoms with Crippen molar-refractivity contribution in [2.75, 3.05) is 6.61 Å². The van der Waals surface area contributed by atoms with Gasteiger partial charge in [-0.25, -0.2) is 13.6 Å². The molecule has 0 aromatic carbocycles. The second-order valence-corrected chi connectivity index (χ2v) is 2.17. The molecule has 0 aromatic heterocycles. The molecule has 0 aliphatic carbocycles. The summed E-state index contributed by atoms with van der Waals surface area (Å²) in [7, 11) is 0. The van der Waals surface area contributed by atoms with Crippen LogP contribution in [0.3, 0.4) is 0 Å². The second-order valence-electron chi connectivity index (χ2n) is 2.17. The number of halogens is 2. The maximum Gasteiger partial charge on any atom is 0.343 e. The van der Waals surface area contributed by atoms with Crippen molar-refractivity contribution in [1.82, 2.24) is 0 Å². The lowest BCUT2D eigenvalue weighted by molar-refractivity contribution is -0.178. The summed E-state index contributed by atoms with van der Waals surface area (Å²) in [4.78, 5) is 10.6. The van der Waals surface area contributed by atoms with Crippen LogP contribution < -0.4 is 0 Å². The van der Waals surface area contributed by atoms with E-state index < -0.39 is 18.0 Å².